The zero-order valence-electron chi connectivity index (χ0n) is 12.5. The quantitative estimate of drug-likeness (QED) is 0.922. The first-order valence-electron chi connectivity index (χ1n) is 7.00. The molecule has 0 spiro atoms. The molecule has 1 saturated heterocycles. The Morgan fingerprint density at radius 3 is 2.42 bits per heavy atom. The lowest BCUT2D eigenvalue weighted by Gasteiger charge is -2.36. The van der Waals surface area contributed by atoms with Crippen molar-refractivity contribution in [2.45, 2.75) is 44.6 Å². The normalized spacial score (nSPS) is 23.5. The van der Waals surface area contributed by atoms with E-state index in [0.29, 0.717) is 10.5 Å². The third-order valence-electron chi connectivity index (χ3n) is 3.44. The number of hydrogen-bond donors (Lipinski definition) is 1. The summed E-state index contributed by atoms with van der Waals surface area (Å²) in [5, 5.41) is 4.50. The molecule has 0 saturated carbocycles. The fourth-order valence-electron chi connectivity index (χ4n) is 2.61. The van der Waals surface area contributed by atoms with Gasteiger partial charge in [-0.15, -0.1) is 0 Å². The Kier molecular flexibility index (Phi) is 4.55. The van der Waals surface area contributed by atoms with Crippen molar-refractivity contribution in [2.24, 2.45) is 0 Å². The van der Waals surface area contributed by atoms with Crippen LogP contribution in [-0.2, 0) is 6.42 Å². The second-order valence-corrected chi connectivity index (χ2v) is 7.08. The van der Waals surface area contributed by atoms with Crippen LogP contribution < -0.4 is 10.2 Å². The summed E-state index contributed by atoms with van der Waals surface area (Å²) in [4.78, 5) is 11.7. The van der Waals surface area contributed by atoms with Crippen LogP contribution in [0.3, 0.4) is 0 Å². The molecular weight excluding hydrogens is 256 g/mol. The van der Waals surface area contributed by atoms with E-state index in [4.69, 9.17) is 4.98 Å². The van der Waals surface area contributed by atoms with E-state index in [0.717, 1.165) is 42.5 Å². The summed E-state index contributed by atoms with van der Waals surface area (Å²) in [5.74, 6) is 2.99. The number of anilines is 2. The van der Waals surface area contributed by atoms with Crippen LogP contribution in [0.5, 0.6) is 0 Å². The minimum absolute atomic E-state index is 0.654. The number of thioether (sulfide) groups is 1. The van der Waals surface area contributed by atoms with E-state index in [2.05, 4.69) is 54.7 Å². The lowest BCUT2D eigenvalue weighted by molar-refractivity contribution is 0.710. The Labute approximate surface area is 120 Å². The summed E-state index contributed by atoms with van der Waals surface area (Å²) in [6.07, 6.45) is 0.871. The molecule has 5 heteroatoms. The highest BCUT2D eigenvalue weighted by Gasteiger charge is 2.25. The fraction of sp³-hybridized carbons (Fsp3) is 0.714. The van der Waals surface area contributed by atoms with Crippen LogP contribution in [0, 0.1) is 6.92 Å². The minimum Gasteiger partial charge on any atom is -0.373 e. The van der Waals surface area contributed by atoms with Crippen LogP contribution in [0.1, 0.15) is 32.2 Å². The van der Waals surface area contributed by atoms with Crippen LogP contribution in [0.2, 0.25) is 0 Å². The highest BCUT2D eigenvalue weighted by Crippen LogP contribution is 2.31. The van der Waals surface area contributed by atoms with Gasteiger partial charge in [-0.05, 0) is 6.92 Å². The van der Waals surface area contributed by atoms with Gasteiger partial charge >= 0.3 is 0 Å². The average Bonchev–Trinajstić information content (AvgIpc) is 2.37. The predicted molar refractivity (Wildman–Crippen MR) is 84.4 cm³/mol. The smallest absolute Gasteiger partial charge is 0.137 e. The molecule has 1 fully saturated rings. The summed E-state index contributed by atoms with van der Waals surface area (Å²) in [6.45, 7) is 10.9. The summed E-state index contributed by atoms with van der Waals surface area (Å²) >= 11 is 2.06. The van der Waals surface area contributed by atoms with Gasteiger partial charge in [0, 0.05) is 42.6 Å². The highest BCUT2D eigenvalue weighted by atomic mass is 32.2. The number of hydrogen-bond acceptors (Lipinski definition) is 5. The molecule has 1 N–H and O–H groups in total. The Morgan fingerprint density at radius 2 is 1.89 bits per heavy atom. The first-order valence-corrected chi connectivity index (χ1v) is 7.95. The maximum atomic E-state index is 4.76. The molecule has 0 radical (unpaired) electrons. The van der Waals surface area contributed by atoms with Gasteiger partial charge < -0.3 is 10.2 Å². The molecule has 2 rings (SSSR count). The molecule has 1 aromatic rings. The van der Waals surface area contributed by atoms with Crippen molar-refractivity contribution in [2.75, 3.05) is 30.4 Å². The number of nitrogens with one attached hydrogen (secondary N) is 1. The molecule has 0 amide bonds. The van der Waals surface area contributed by atoms with Crippen molar-refractivity contribution in [3.8, 4) is 0 Å². The van der Waals surface area contributed by atoms with Gasteiger partial charge in [-0.25, -0.2) is 9.97 Å². The first-order chi connectivity index (χ1) is 9.05. The topological polar surface area (TPSA) is 41.1 Å². The molecule has 1 aliphatic heterocycles. The molecule has 0 aliphatic carbocycles. The molecule has 2 unspecified atom stereocenters. The van der Waals surface area contributed by atoms with Crippen molar-refractivity contribution in [1.82, 2.24) is 9.97 Å². The zero-order valence-corrected chi connectivity index (χ0v) is 13.3. The lowest BCUT2D eigenvalue weighted by atomic mass is 10.2. The van der Waals surface area contributed by atoms with Gasteiger partial charge in [-0.3, -0.25) is 0 Å². The average molecular weight is 280 g/mol. The van der Waals surface area contributed by atoms with Crippen LogP contribution >= 0.6 is 11.8 Å². The van der Waals surface area contributed by atoms with Gasteiger partial charge in [0.2, 0.25) is 0 Å². The number of aromatic nitrogens is 2. The molecule has 0 aromatic carbocycles. The first kappa shape index (κ1) is 14.4. The summed E-state index contributed by atoms with van der Waals surface area (Å²) in [5.41, 5.74) is 1.16. The van der Waals surface area contributed by atoms with E-state index in [1.54, 1.807) is 0 Å². The van der Waals surface area contributed by atoms with Crippen molar-refractivity contribution in [3.63, 3.8) is 0 Å². The standard InChI is InChI=1S/C14H24N4S/c1-6-12-16-13(15-5)11(4)14(17-12)18-7-9(2)19-10(3)8-18/h9-10H,6-8H2,1-5H3,(H,15,16,17). The molecule has 2 atom stereocenters. The Balaban J connectivity index is 2.37. The van der Waals surface area contributed by atoms with Crippen molar-refractivity contribution in [1.29, 1.82) is 0 Å². The summed E-state index contributed by atoms with van der Waals surface area (Å²) in [6, 6.07) is 0. The van der Waals surface area contributed by atoms with Crippen LogP contribution in [0.25, 0.3) is 0 Å². The van der Waals surface area contributed by atoms with Crippen molar-refractivity contribution in [3.05, 3.63) is 11.4 Å². The summed E-state index contributed by atoms with van der Waals surface area (Å²) < 4.78 is 0. The van der Waals surface area contributed by atoms with Gasteiger partial charge in [0.1, 0.15) is 17.5 Å². The van der Waals surface area contributed by atoms with Gasteiger partial charge in [-0.1, -0.05) is 20.8 Å². The molecule has 4 nitrogen and oxygen atoms in total. The maximum Gasteiger partial charge on any atom is 0.137 e. The van der Waals surface area contributed by atoms with Gasteiger partial charge in [0.25, 0.3) is 0 Å². The second kappa shape index (κ2) is 5.99. The molecular formula is C14H24N4S. The molecule has 0 bridgehead atoms. The highest BCUT2D eigenvalue weighted by molar-refractivity contribution is 8.00. The monoisotopic (exact) mass is 280 g/mol. The second-order valence-electron chi connectivity index (χ2n) is 5.20. The molecule has 1 aromatic heterocycles. The lowest BCUT2D eigenvalue weighted by Crippen LogP contribution is -2.41. The number of aryl methyl sites for hydroxylation is 1. The Hall–Kier alpha value is -0.970. The van der Waals surface area contributed by atoms with Crippen molar-refractivity contribution >= 4 is 23.4 Å². The molecule has 1 aliphatic rings. The van der Waals surface area contributed by atoms with E-state index in [9.17, 15) is 0 Å². The van der Waals surface area contributed by atoms with Crippen LogP contribution in [-0.4, -0.2) is 40.6 Å². The van der Waals surface area contributed by atoms with Crippen LogP contribution in [0.4, 0.5) is 11.6 Å². The molecule has 19 heavy (non-hydrogen) atoms. The van der Waals surface area contributed by atoms with Gasteiger partial charge in [0.15, 0.2) is 0 Å². The maximum absolute atomic E-state index is 4.76. The van der Waals surface area contributed by atoms with Gasteiger partial charge in [0.05, 0.1) is 0 Å². The third kappa shape index (κ3) is 3.14. The zero-order chi connectivity index (χ0) is 14.0. The van der Waals surface area contributed by atoms with E-state index in [1.807, 2.05) is 7.05 Å². The van der Waals surface area contributed by atoms with Crippen LogP contribution in [0.15, 0.2) is 0 Å². The number of rotatable bonds is 3. The van der Waals surface area contributed by atoms with Gasteiger partial charge in [-0.2, -0.15) is 11.8 Å². The Bertz CT molecular complexity index is 439. The molecule has 2 heterocycles. The predicted octanol–water partition coefficient (Wildman–Crippen LogP) is 2.72. The largest absolute Gasteiger partial charge is 0.373 e. The van der Waals surface area contributed by atoms with E-state index < -0.39 is 0 Å². The SMILES string of the molecule is CCc1nc(NC)c(C)c(N2CC(C)SC(C)C2)n1. The third-order valence-corrected chi connectivity index (χ3v) is 4.67. The summed E-state index contributed by atoms with van der Waals surface area (Å²) in [7, 11) is 1.93. The van der Waals surface area contributed by atoms with E-state index in [1.165, 1.54) is 0 Å². The van der Waals surface area contributed by atoms with E-state index >= 15 is 0 Å². The van der Waals surface area contributed by atoms with Crippen molar-refractivity contribution < 1.29 is 0 Å². The number of nitrogens with zero attached hydrogens (tertiary/aromatic N) is 3. The fourth-order valence-corrected chi connectivity index (χ4v) is 3.94. The molecule has 106 valence electrons. The minimum atomic E-state index is 0.654. The Morgan fingerprint density at radius 1 is 1.26 bits per heavy atom. The van der Waals surface area contributed by atoms with E-state index in [-0.39, 0.29) is 0 Å².